The highest BCUT2D eigenvalue weighted by Crippen LogP contribution is 2.17. The maximum atomic E-state index is 11.4. The fourth-order valence-electron chi connectivity index (χ4n) is 2.10. The van der Waals surface area contributed by atoms with Crippen molar-refractivity contribution < 1.29 is 4.79 Å². The smallest absolute Gasteiger partial charge is 0.224 e. The van der Waals surface area contributed by atoms with Crippen molar-refractivity contribution in [3.63, 3.8) is 0 Å². The van der Waals surface area contributed by atoms with E-state index in [1.807, 2.05) is 43.3 Å². The zero-order chi connectivity index (χ0) is 15.9. The van der Waals surface area contributed by atoms with Crippen LogP contribution in [0.4, 0.5) is 5.69 Å². The average Bonchev–Trinajstić information content (AvgIpc) is 2.54. The van der Waals surface area contributed by atoms with E-state index in [1.165, 1.54) is 11.1 Å². The number of rotatable bonds is 6. The minimum Gasteiger partial charge on any atom is -0.326 e. The van der Waals surface area contributed by atoms with Crippen molar-refractivity contribution in [3.8, 4) is 0 Å². The van der Waals surface area contributed by atoms with Crippen LogP contribution in [-0.4, -0.2) is 5.91 Å². The number of benzene rings is 2. The molecule has 0 aliphatic carbocycles. The van der Waals surface area contributed by atoms with Crippen LogP contribution in [0.3, 0.4) is 0 Å². The third-order valence-corrected chi connectivity index (χ3v) is 4.07. The molecule has 2 aromatic rings. The molecule has 0 heterocycles. The third kappa shape index (κ3) is 4.97. The summed E-state index contributed by atoms with van der Waals surface area (Å²) in [7, 11) is 0. The van der Waals surface area contributed by atoms with Crippen molar-refractivity contribution in [2.45, 2.75) is 32.9 Å². The van der Waals surface area contributed by atoms with Crippen molar-refractivity contribution in [3.05, 3.63) is 64.1 Å². The van der Waals surface area contributed by atoms with E-state index in [-0.39, 0.29) is 11.9 Å². The van der Waals surface area contributed by atoms with Gasteiger partial charge in [0.2, 0.25) is 5.91 Å². The van der Waals surface area contributed by atoms with Gasteiger partial charge in [0.1, 0.15) is 0 Å². The standard InChI is InChI=1S/C18H21BrN2O/c1-3-18(22)21-17-10-6-15(7-11-17)13(2)20-12-14-4-8-16(19)9-5-14/h4-11,13,20H,3,12H2,1-2H3,(H,21,22)/t13-/m1/s1. The van der Waals surface area contributed by atoms with Crippen molar-refractivity contribution in [1.82, 2.24) is 5.32 Å². The van der Waals surface area contributed by atoms with E-state index in [1.54, 1.807) is 0 Å². The van der Waals surface area contributed by atoms with E-state index in [4.69, 9.17) is 0 Å². The highest BCUT2D eigenvalue weighted by atomic mass is 79.9. The van der Waals surface area contributed by atoms with Gasteiger partial charge in [0.05, 0.1) is 0 Å². The van der Waals surface area contributed by atoms with Crippen molar-refractivity contribution in [2.24, 2.45) is 0 Å². The lowest BCUT2D eigenvalue weighted by atomic mass is 10.1. The van der Waals surface area contributed by atoms with E-state index < -0.39 is 0 Å². The van der Waals surface area contributed by atoms with Crippen molar-refractivity contribution >= 4 is 27.5 Å². The Morgan fingerprint density at radius 2 is 1.73 bits per heavy atom. The van der Waals surface area contributed by atoms with Crippen LogP contribution < -0.4 is 10.6 Å². The molecule has 2 aromatic carbocycles. The third-order valence-electron chi connectivity index (χ3n) is 3.54. The predicted molar refractivity (Wildman–Crippen MR) is 94.8 cm³/mol. The van der Waals surface area contributed by atoms with Crippen LogP contribution in [-0.2, 0) is 11.3 Å². The monoisotopic (exact) mass is 360 g/mol. The summed E-state index contributed by atoms with van der Waals surface area (Å²) in [6.45, 7) is 4.80. The highest BCUT2D eigenvalue weighted by molar-refractivity contribution is 9.10. The second-order valence-corrected chi connectivity index (χ2v) is 6.17. The summed E-state index contributed by atoms with van der Waals surface area (Å²) in [5.74, 6) is 0.0363. The summed E-state index contributed by atoms with van der Waals surface area (Å²) in [4.78, 5) is 11.4. The zero-order valence-electron chi connectivity index (χ0n) is 12.9. The summed E-state index contributed by atoms with van der Waals surface area (Å²) in [6, 6.07) is 16.5. The zero-order valence-corrected chi connectivity index (χ0v) is 14.5. The topological polar surface area (TPSA) is 41.1 Å². The lowest BCUT2D eigenvalue weighted by Crippen LogP contribution is -2.18. The fourth-order valence-corrected chi connectivity index (χ4v) is 2.36. The first kappa shape index (κ1) is 16.7. The molecular formula is C18H21BrN2O. The molecule has 0 fully saturated rings. The molecule has 4 heteroatoms. The first-order valence-electron chi connectivity index (χ1n) is 7.46. The summed E-state index contributed by atoms with van der Waals surface area (Å²) in [5.41, 5.74) is 3.30. The molecule has 1 atom stereocenters. The van der Waals surface area contributed by atoms with Gasteiger partial charge in [-0.3, -0.25) is 4.79 Å². The second-order valence-electron chi connectivity index (χ2n) is 5.25. The van der Waals surface area contributed by atoms with E-state index in [9.17, 15) is 4.79 Å². The van der Waals surface area contributed by atoms with Crippen LogP contribution in [0.25, 0.3) is 0 Å². The lowest BCUT2D eigenvalue weighted by Gasteiger charge is -2.15. The maximum Gasteiger partial charge on any atom is 0.224 e. The van der Waals surface area contributed by atoms with Gasteiger partial charge in [-0.1, -0.05) is 47.1 Å². The van der Waals surface area contributed by atoms with Gasteiger partial charge < -0.3 is 10.6 Å². The normalized spacial score (nSPS) is 12.0. The van der Waals surface area contributed by atoms with E-state index in [0.29, 0.717) is 6.42 Å². The second kappa shape index (κ2) is 8.11. The van der Waals surface area contributed by atoms with E-state index in [2.05, 4.69) is 45.6 Å². The Labute approximate surface area is 140 Å². The van der Waals surface area contributed by atoms with Crippen molar-refractivity contribution in [2.75, 3.05) is 5.32 Å². The summed E-state index contributed by atoms with van der Waals surface area (Å²) in [5, 5.41) is 6.36. The Hall–Kier alpha value is -1.65. The molecule has 116 valence electrons. The molecule has 0 aliphatic rings. The van der Waals surface area contributed by atoms with E-state index >= 15 is 0 Å². The molecule has 0 bridgehead atoms. The van der Waals surface area contributed by atoms with Crippen LogP contribution in [0.5, 0.6) is 0 Å². The molecule has 0 saturated heterocycles. The van der Waals surface area contributed by atoms with Crippen LogP contribution in [0.2, 0.25) is 0 Å². The summed E-state index contributed by atoms with van der Waals surface area (Å²) in [6.07, 6.45) is 0.493. The molecule has 0 aromatic heterocycles. The van der Waals surface area contributed by atoms with Gasteiger partial charge >= 0.3 is 0 Å². The first-order valence-corrected chi connectivity index (χ1v) is 8.25. The van der Waals surface area contributed by atoms with Gasteiger partial charge in [-0.05, 0) is 42.3 Å². The van der Waals surface area contributed by atoms with Crippen LogP contribution in [0.1, 0.15) is 37.4 Å². The molecule has 0 saturated carbocycles. The molecule has 22 heavy (non-hydrogen) atoms. The Kier molecular flexibility index (Phi) is 6.16. The first-order chi connectivity index (χ1) is 10.6. The number of nitrogens with one attached hydrogen (secondary N) is 2. The maximum absolute atomic E-state index is 11.4. The van der Waals surface area contributed by atoms with Gasteiger partial charge in [0.15, 0.2) is 0 Å². The molecule has 2 rings (SSSR count). The summed E-state index contributed by atoms with van der Waals surface area (Å²) < 4.78 is 1.09. The average molecular weight is 361 g/mol. The van der Waals surface area contributed by atoms with Gasteiger partial charge in [0.25, 0.3) is 0 Å². The quantitative estimate of drug-likeness (QED) is 0.787. The predicted octanol–water partition coefficient (Wildman–Crippen LogP) is 4.65. The van der Waals surface area contributed by atoms with Crippen LogP contribution in [0, 0.1) is 0 Å². The van der Waals surface area contributed by atoms with Crippen LogP contribution >= 0.6 is 15.9 Å². The minimum atomic E-state index is 0.0363. The molecule has 1 amide bonds. The number of amides is 1. The number of carbonyl (C=O) groups excluding carboxylic acids is 1. The lowest BCUT2D eigenvalue weighted by molar-refractivity contribution is -0.115. The SMILES string of the molecule is CCC(=O)Nc1ccc([C@@H](C)NCc2ccc(Br)cc2)cc1. The Balaban J connectivity index is 1.90. The molecule has 0 radical (unpaired) electrons. The molecule has 0 spiro atoms. The summed E-state index contributed by atoms with van der Waals surface area (Å²) >= 11 is 3.44. The largest absolute Gasteiger partial charge is 0.326 e. The molecule has 2 N–H and O–H groups in total. The number of anilines is 1. The van der Waals surface area contributed by atoms with E-state index in [0.717, 1.165) is 16.7 Å². The minimum absolute atomic E-state index is 0.0363. The fraction of sp³-hybridized carbons (Fsp3) is 0.278. The Bertz CT molecular complexity index is 608. The number of halogens is 1. The Morgan fingerprint density at radius 3 is 2.32 bits per heavy atom. The molecular weight excluding hydrogens is 340 g/mol. The number of hydrogen-bond acceptors (Lipinski definition) is 2. The van der Waals surface area contributed by atoms with Crippen LogP contribution in [0.15, 0.2) is 53.0 Å². The van der Waals surface area contributed by atoms with Crippen molar-refractivity contribution in [1.29, 1.82) is 0 Å². The van der Waals surface area contributed by atoms with Gasteiger partial charge in [0, 0.05) is 29.2 Å². The Morgan fingerprint density at radius 1 is 1.09 bits per heavy atom. The highest BCUT2D eigenvalue weighted by Gasteiger charge is 2.06. The number of carbonyl (C=O) groups is 1. The van der Waals surface area contributed by atoms with Gasteiger partial charge in [-0.2, -0.15) is 0 Å². The molecule has 3 nitrogen and oxygen atoms in total. The van der Waals surface area contributed by atoms with Gasteiger partial charge in [-0.25, -0.2) is 0 Å². The molecule has 0 unspecified atom stereocenters. The van der Waals surface area contributed by atoms with Gasteiger partial charge in [-0.15, -0.1) is 0 Å². The molecule has 0 aliphatic heterocycles. The number of hydrogen-bond donors (Lipinski definition) is 2.